The van der Waals surface area contributed by atoms with E-state index in [1.807, 2.05) is 22.7 Å². The molecule has 1 aliphatic heterocycles. The maximum absolute atomic E-state index is 12.6. The molecule has 2 amide bonds. The summed E-state index contributed by atoms with van der Waals surface area (Å²) in [7, 11) is 1.92. The minimum absolute atomic E-state index is 0.0165. The van der Waals surface area contributed by atoms with E-state index in [0.717, 1.165) is 31.6 Å². The number of likely N-dealkylation sites (tertiary alicyclic amines) is 1. The van der Waals surface area contributed by atoms with E-state index < -0.39 is 0 Å². The molecule has 0 atom stereocenters. The van der Waals surface area contributed by atoms with Crippen LogP contribution in [-0.4, -0.2) is 45.9 Å². The van der Waals surface area contributed by atoms with E-state index in [1.165, 1.54) is 6.42 Å². The molecular weight excluding hydrogens is 316 g/mol. The lowest BCUT2D eigenvalue weighted by Crippen LogP contribution is -2.35. The molecule has 1 aromatic heterocycles. The summed E-state index contributed by atoms with van der Waals surface area (Å²) < 4.78 is 1.88. The summed E-state index contributed by atoms with van der Waals surface area (Å²) in [6.45, 7) is 2.12. The van der Waals surface area contributed by atoms with Crippen LogP contribution in [0.3, 0.4) is 0 Å². The fraction of sp³-hybridized carbons (Fsp3) is 0.421. The van der Waals surface area contributed by atoms with Crippen molar-refractivity contribution in [3.63, 3.8) is 0 Å². The molecule has 6 heteroatoms. The number of carbonyl (C=O) groups is 2. The van der Waals surface area contributed by atoms with Crippen LogP contribution in [0, 0.1) is 0 Å². The van der Waals surface area contributed by atoms with Crippen molar-refractivity contribution >= 4 is 11.8 Å². The lowest BCUT2D eigenvalue weighted by Gasteiger charge is -2.26. The molecule has 2 heterocycles. The van der Waals surface area contributed by atoms with Crippen molar-refractivity contribution in [2.45, 2.75) is 25.7 Å². The van der Waals surface area contributed by atoms with Crippen LogP contribution in [0.5, 0.6) is 0 Å². The normalized spacial score (nSPS) is 14.4. The number of aromatic nitrogens is 2. The van der Waals surface area contributed by atoms with E-state index in [-0.39, 0.29) is 11.8 Å². The Morgan fingerprint density at radius 2 is 1.92 bits per heavy atom. The molecule has 0 unspecified atom stereocenters. The number of piperidine rings is 1. The third kappa shape index (κ3) is 4.47. The molecule has 0 bridgehead atoms. The van der Waals surface area contributed by atoms with Crippen LogP contribution >= 0.6 is 0 Å². The Morgan fingerprint density at radius 1 is 1.16 bits per heavy atom. The lowest BCUT2D eigenvalue weighted by atomic mass is 10.1. The Balaban J connectivity index is 1.58. The molecular formula is C19H24N4O2. The molecule has 1 aromatic carbocycles. The second-order valence-corrected chi connectivity index (χ2v) is 6.47. The van der Waals surface area contributed by atoms with E-state index in [0.29, 0.717) is 24.1 Å². The van der Waals surface area contributed by atoms with Crippen molar-refractivity contribution < 1.29 is 9.59 Å². The van der Waals surface area contributed by atoms with Gasteiger partial charge in [0.15, 0.2) is 0 Å². The molecule has 1 fully saturated rings. The zero-order valence-electron chi connectivity index (χ0n) is 14.6. The SMILES string of the molecule is Cn1cnc(CCNC(=O)c2cccc(C(=O)N3CCCCC3)c2)c1. The highest BCUT2D eigenvalue weighted by Crippen LogP contribution is 2.14. The summed E-state index contributed by atoms with van der Waals surface area (Å²) in [6.07, 6.45) is 7.65. The van der Waals surface area contributed by atoms with Crippen molar-refractivity contribution in [2.24, 2.45) is 7.05 Å². The second kappa shape index (κ2) is 7.96. The molecule has 25 heavy (non-hydrogen) atoms. The Hall–Kier alpha value is -2.63. The molecule has 0 aliphatic carbocycles. The molecule has 0 spiro atoms. The van der Waals surface area contributed by atoms with Crippen LogP contribution < -0.4 is 5.32 Å². The van der Waals surface area contributed by atoms with Crippen molar-refractivity contribution in [1.29, 1.82) is 0 Å². The number of nitrogens with one attached hydrogen (secondary N) is 1. The number of amides is 2. The first kappa shape index (κ1) is 17.2. The van der Waals surface area contributed by atoms with Crippen LogP contribution in [0.4, 0.5) is 0 Å². The fourth-order valence-corrected chi connectivity index (χ4v) is 3.08. The number of hydrogen-bond donors (Lipinski definition) is 1. The first-order valence-electron chi connectivity index (χ1n) is 8.78. The smallest absolute Gasteiger partial charge is 0.253 e. The van der Waals surface area contributed by atoms with Gasteiger partial charge in [-0.15, -0.1) is 0 Å². The van der Waals surface area contributed by atoms with Crippen LogP contribution in [-0.2, 0) is 13.5 Å². The Morgan fingerprint density at radius 3 is 2.64 bits per heavy atom. The van der Waals surface area contributed by atoms with Crippen molar-refractivity contribution in [2.75, 3.05) is 19.6 Å². The highest BCUT2D eigenvalue weighted by Gasteiger charge is 2.19. The monoisotopic (exact) mass is 340 g/mol. The van der Waals surface area contributed by atoms with Gasteiger partial charge in [0.2, 0.25) is 0 Å². The number of imidazole rings is 1. The number of hydrogen-bond acceptors (Lipinski definition) is 3. The van der Waals surface area contributed by atoms with E-state index in [1.54, 1.807) is 30.6 Å². The minimum Gasteiger partial charge on any atom is -0.352 e. The minimum atomic E-state index is -0.163. The summed E-state index contributed by atoms with van der Waals surface area (Å²) >= 11 is 0. The van der Waals surface area contributed by atoms with Gasteiger partial charge in [-0.25, -0.2) is 4.98 Å². The van der Waals surface area contributed by atoms with Gasteiger partial charge in [0, 0.05) is 50.4 Å². The van der Waals surface area contributed by atoms with Gasteiger partial charge < -0.3 is 14.8 Å². The van der Waals surface area contributed by atoms with Gasteiger partial charge in [0.1, 0.15) is 0 Å². The van der Waals surface area contributed by atoms with Gasteiger partial charge in [-0.2, -0.15) is 0 Å². The third-order valence-corrected chi connectivity index (χ3v) is 4.44. The first-order chi connectivity index (χ1) is 12.1. The summed E-state index contributed by atoms with van der Waals surface area (Å²) in [4.78, 5) is 31.0. The summed E-state index contributed by atoms with van der Waals surface area (Å²) in [5.41, 5.74) is 2.04. The van der Waals surface area contributed by atoms with E-state index >= 15 is 0 Å². The number of benzene rings is 1. The molecule has 0 radical (unpaired) electrons. The lowest BCUT2D eigenvalue weighted by molar-refractivity contribution is 0.0724. The Bertz CT molecular complexity index is 747. The van der Waals surface area contributed by atoms with E-state index in [9.17, 15) is 9.59 Å². The Labute approximate surface area is 147 Å². The van der Waals surface area contributed by atoms with Gasteiger partial charge in [-0.1, -0.05) is 6.07 Å². The van der Waals surface area contributed by atoms with E-state index in [4.69, 9.17) is 0 Å². The largest absolute Gasteiger partial charge is 0.352 e. The van der Waals surface area contributed by atoms with Crippen LogP contribution in [0.2, 0.25) is 0 Å². The van der Waals surface area contributed by atoms with Gasteiger partial charge in [0.05, 0.1) is 12.0 Å². The van der Waals surface area contributed by atoms with Gasteiger partial charge in [-0.3, -0.25) is 9.59 Å². The summed E-state index contributed by atoms with van der Waals surface area (Å²) in [6, 6.07) is 6.97. The topological polar surface area (TPSA) is 67.2 Å². The maximum atomic E-state index is 12.6. The first-order valence-corrected chi connectivity index (χ1v) is 8.78. The zero-order valence-corrected chi connectivity index (χ0v) is 14.6. The molecule has 6 nitrogen and oxygen atoms in total. The Kier molecular flexibility index (Phi) is 5.48. The summed E-state index contributed by atoms with van der Waals surface area (Å²) in [5.74, 6) is -0.146. The second-order valence-electron chi connectivity index (χ2n) is 6.47. The van der Waals surface area contributed by atoms with Gasteiger partial charge in [-0.05, 0) is 37.5 Å². The fourth-order valence-electron chi connectivity index (χ4n) is 3.08. The molecule has 1 N–H and O–H groups in total. The van der Waals surface area contributed by atoms with Crippen LogP contribution in [0.25, 0.3) is 0 Å². The molecule has 1 aliphatic rings. The van der Waals surface area contributed by atoms with E-state index in [2.05, 4.69) is 10.3 Å². The number of carbonyl (C=O) groups excluding carboxylic acids is 2. The van der Waals surface area contributed by atoms with Gasteiger partial charge in [0.25, 0.3) is 11.8 Å². The summed E-state index contributed by atoms with van der Waals surface area (Å²) in [5, 5.41) is 2.89. The molecule has 2 aromatic rings. The van der Waals surface area contributed by atoms with Gasteiger partial charge >= 0.3 is 0 Å². The molecule has 132 valence electrons. The highest BCUT2D eigenvalue weighted by molar-refractivity contribution is 5.99. The van der Waals surface area contributed by atoms with Crippen molar-refractivity contribution in [3.05, 3.63) is 53.6 Å². The molecule has 1 saturated heterocycles. The van der Waals surface area contributed by atoms with Crippen molar-refractivity contribution in [1.82, 2.24) is 19.8 Å². The van der Waals surface area contributed by atoms with Crippen molar-refractivity contribution in [3.8, 4) is 0 Å². The third-order valence-electron chi connectivity index (χ3n) is 4.44. The number of aryl methyl sites for hydroxylation is 1. The molecule has 0 saturated carbocycles. The highest BCUT2D eigenvalue weighted by atomic mass is 16.2. The average Bonchev–Trinajstić information content (AvgIpc) is 3.07. The standard InChI is InChI=1S/C19H24N4O2/c1-22-13-17(21-14-22)8-9-20-18(24)15-6-5-7-16(12-15)19(25)23-10-3-2-4-11-23/h5-7,12-14H,2-4,8-11H2,1H3,(H,20,24). The predicted molar refractivity (Wildman–Crippen MR) is 95.4 cm³/mol. The predicted octanol–water partition coefficient (Wildman–Crippen LogP) is 2.02. The van der Waals surface area contributed by atoms with Crippen LogP contribution in [0.15, 0.2) is 36.8 Å². The van der Waals surface area contributed by atoms with Crippen LogP contribution in [0.1, 0.15) is 45.7 Å². The number of nitrogens with zero attached hydrogens (tertiary/aromatic N) is 3. The zero-order chi connectivity index (χ0) is 17.6. The average molecular weight is 340 g/mol. The molecule has 3 rings (SSSR count). The quantitative estimate of drug-likeness (QED) is 0.905. The number of rotatable bonds is 5. The maximum Gasteiger partial charge on any atom is 0.253 e.